The largest absolute Gasteiger partial charge is 0.480 e. The molecule has 7 fully saturated rings. The number of hydrogen-bond donors (Lipinski definition) is 10. The molecule has 8 heterocycles. The lowest BCUT2D eigenvalue weighted by molar-refractivity contribution is -0.141. The van der Waals surface area contributed by atoms with Crippen molar-refractivity contribution >= 4 is 52.2 Å². The Kier molecular flexibility index (Phi) is 24.3. The van der Waals surface area contributed by atoms with Crippen LogP contribution in [0.25, 0.3) is 67.3 Å². The normalized spacial score (nSPS) is 21.3. The molecule has 4 aromatic heterocycles. The first-order valence-electron chi connectivity index (χ1n) is 38.7. The number of carbonyl (C=O) groups is 6. The monoisotopic (exact) mass is 1500 g/mol. The lowest BCUT2D eigenvalue weighted by atomic mass is 9.96. The maximum atomic E-state index is 14.2. The summed E-state index contributed by atoms with van der Waals surface area (Å²) in [4.78, 5) is 111. The third kappa shape index (κ3) is 18.2. The Balaban J connectivity index is 0.000000178. The van der Waals surface area contributed by atoms with Crippen LogP contribution in [0.5, 0.6) is 0 Å². The van der Waals surface area contributed by atoms with Crippen molar-refractivity contribution in [2.75, 3.05) is 46.8 Å². The number of methoxy groups -OCH3 is 3. The fourth-order valence-corrected chi connectivity index (χ4v) is 22.5. The van der Waals surface area contributed by atoms with Crippen LogP contribution in [0.15, 0.2) is 122 Å². The first kappa shape index (κ1) is 76.5. The summed E-state index contributed by atoms with van der Waals surface area (Å²) in [6.07, 6.45) is 23.4. The topological polar surface area (TPSA) is 332 Å². The molecule has 4 aromatic carbocycles. The summed E-state index contributed by atoms with van der Waals surface area (Å²) in [5.41, 5.74) is 12.8. The highest BCUT2D eigenvalue weighted by molar-refractivity contribution is 6.79. The highest BCUT2D eigenvalue weighted by Gasteiger charge is 2.48. The predicted molar refractivity (Wildman–Crippen MR) is 419 cm³/mol. The van der Waals surface area contributed by atoms with Gasteiger partial charge in [-0.25, -0.2) is 39.1 Å². The fourth-order valence-electron chi connectivity index (χ4n) is 17.2. The third-order valence-corrected chi connectivity index (χ3v) is 28.5. The Hall–Kier alpha value is -9.71. The summed E-state index contributed by atoms with van der Waals surface area (Å²) in [5, 5.41) is 24.1. The molecule has 7 aliphatic rings. The molecule has 0 bridgehead atoms. The van der Waals surface area contributed by atoms with Crippen molar-refractivity contribution < 1.29 is 48.1 Å². The number of nitrogens with one attached hydrogen (secondary N) is 9. The second-order valence-corrected chi connectivity index (χ2v) is 42.0. The maximum absolute atomic E-state index is 14.2. The number of hydrogen-bond acceptors (Lipinski definition) is 15. The molecule has 0 radical (unpaired) electrons. The second kappa shape index (κ2) is 34.3. The molecule has 5 amide bonds. The van der Waals surface area contributed by atoms with Crippen molar-refractivity contribution in [2.24, 2.45) is 17.8 Å². The number of carboxylic acid groups (broad SMARTS) is 1. The van der Waals surface area contributed by atoms with Gasteiger partial charge >= 0.3 is 24.2 Å². The Morgan fingerprint density at radius 3 is 1.16 bits per heavy atom. The summed E-state index contributed by atoms with van der Waals surface area (Å²) in [6, 6.07) is 34.7. The van der Waals surface area contributed by atoms with Gasteiger partial charge in [0.05, 0.1) is 109 Å². The van der Waals surface area contributed by atoms with E-state index in [-0.39, 0.29) is 41.7 Å². The van der Waals surface area contributed by atoms with E-state index >= 15 is 0 Å². The molecule has 3 saturated carbocycles. The summed E-state index contributed by atoms with van der Waals surface area (Å²) in [5.74, 6) is 2.82. The summed E-state index contributed by atoms with van der Waals surface area (Å²) in [7, 11) is 1.03. The van der Waals surface area contributed by atoms with Crippen LogP contribution in [-0.2, 0) is 28.6 Å². The number of alkyl carbamates (subject to hydrolysis) is 3. The number of nitrogens with zero attached hydrogens (tertiary/aromatic N) is 6. The molecule has 572 valence electrons. The minimum Gasteiger partial charge on any atom is -0.480 e. The van der Waals surface area contributed by atoms with E-state index in [4.69, 9.17) is 24.5 Å². The molecule has 7 atom stereocenters. The van der Waals surface area contributed by atoms with E-state index in [0.717, 1.165) is 183 Å². The van der Waals surface area contributed by atoms with Gasteiger partial charge in [-0.3, -0.25) is 9.59 Å². The average Bonchev–Trinajstić information content (AvgIpc) is 1.63. The number of rotatable bonds is 19. The number of likely N-dealkylation sites (tertiary alicyclic amines) is 1. The molecule has 3 aliphatic carbocycles. The van der Waals surface area contributed by atoms with E-state index in [1.54, 1.807) is 0 Å². The van der Waals surface area contributed by atoms with Crippen molar-refractivity contribution in [3.63, 3.8) is 0 Å². The SMILES string of the molecule is COC(=O)N[C@H](C(=O)N1CCC[C@H]1c1ncc(-c2ccc(-c3ccc(-c4cnc([C@@H]5C[Si](C)(C)CN5C(=O)[C@@H](NC(=O)OC)C5CCCC5)[nH]4)cc3)cc2)[nH]1)C1CCCC1.COC(=O)N[C@H](C(=O)O)C1CCCC1.C[Si]1(C)CN[C@H](c2ncc(-c3ccc(-c4ccc(-c5cnc([C@@H]6CCCN6)[nH]5)cc4)cc3)[nH]2)C1. The van der Waals surface area contributed by atoms with Crippen molar-refractivity contribution in [1.82, 2.24) is 76.3 Å². The maximum Gasteiger partial charge on any atom is 0.407 e. The summed E-state index contributed by atoms with van der Waals surface area (Å²) < 4.78 is 14.2. The van der Waals surface area contributed by atoms with E-state index < -0.39 is 58.5 Å². The van der Waals surface area contributed by atoms with Crippen LogP contribution < -0.4 is 26.6 Å². The van der Waals surface area contributed by atoms with E-state index in [1.165, 1.54) is 56.7 Å². The van der Waals surface area contributed by atoms with Gasteiger partial charge in [0.25, 0.3) is 0 Å². The van der Waals surface area contributed by atoms with Crippen LogP contribution in [0.3, 0.4) is 0 Å². The number of imidazole rings is 4. The quantitative estimate of drug-likeness (QED) is 0.0266. The van der Waals surface area contributed by atoms with Gasteiger partial charge in [0.15, 0.2) is 0 Å². The molecule has 15 rings (SSSR count). The predicted octanol–water partition coefficient (Wildman–Crippen LogP) is 14.2. The van der Waals surface area contributed by atoms with E-state index in [0.29, 0.717) is 24.8 Å². The molecule has 4 saturated heterocycles. The van der Waals surface area contributed by atoms with Gasteiger partial charge in [0, 0.05) is 12.7 Å². The molecule has 0 spiro atoms. The molecule has 108 heavy (non-hydrogen) atoms. The van der Waals surface area contributed by atoms with Crippen LogP contribution in [0.1, 0.15) is 150 Å². The number of aliphatic carboxylic acids is 1. The van der Waals surface area contributed by atoms with Crippen LogP contribution in [0.4, 0.5) is 14.4 Å². The van der Waals surface area contributed by atoms with Gasteiger partial charge in [-0.05, 0) is 151 Å². The minimum atomic E-state index is -1.75. The van der Waals surface area contributed by atoms with Crippen LogP contribution in [-0.4, -0.2) is 172 Å². The van der Waals surface area contributed by atoms with E-state index in [9.17, 15) is 28.8 Å². The molecule has 8 aromatic rings. The van der Waals surface area contributed by atoms with Crippen LogP contribution in [0.2, 0.25) is 38.3 Å². The van der Waals surface area contributed by atoms with Gasteiger partial charge in [-0.15, -0.1) is 0 Å². The van der Waals surface area contributed by atoms with Crippen LogP contribution >= 0.6 is 0 Å². The smallest absolute Gasteiger partial charge is 0.407 e. The van der Waals surface area contributed by atoms with Gasteiger partial charge in [0.2, 0.25) is 11.8 Å². The molecule has 27 heteroatoms. The fraction of sp³-hybridized carbons (Fsp3) is 0.481. The van der Waals surface area contributed by atoms with Gasteiger partial charge in [-0.2, -0.15) is 0 Å². The zero-order valence-corrected chi connectivity index (χ0v) is 65.2. The first-order chi connectivity index (χ1) is 52.2. The Morgan fingerprint density at radius 1 is 0.417 bits per heavy atom. The first-order valence-corrected chi connectivity index (χ1v) is 45.5. The minimum absolute atomic E-state index is 0.0390. The molecule has 4 aliphatic heterocycles. The Bertz CT molecular complexity index is 4380. The number of amides is 5. The lowest BCUT2D eigenvalue weighted by Gasteiger charge is -2.31. The standard InChI is InChI=1S/C45H58N8O6Si.C27H32N6Si.C9H15NO4/c1-58-44(56)50-38(32-10-5-6-11-32)42(54)52-23-9-14-36(52)40-46-24-34(48-40)30-19-15-28(16-20-30)29-17-21-31(22-18-29)35-25-47-41(49-35)37-26-60(3,4)27-53(37)43(55)39(51-45(57)59-2)33-12-7-8-13-33;1-34(2)16-25(31-17-34)27-30-15-24(33-27)21-11-7-19(8-12-21)18-5-9-20(10-6-18)23-14-29-26(32-23)22-4-3-13-28-22;1-14-9(13)10-7(8(11)12)6-4-2-3-5-6/h15-22,24-25,32-33,36-39H,5-14,23,26-27H2,1-4H3,(H,46,48)(H,47,49)(H,50,56)(H,51,57);5-12,14-15,22,25,28,31H,3-4,13,16-17H2,1-2H3,(H,29,32)(H,30,33);6-7H,2-5H2,1H3,(H,10,13)(H,11,12)/t36-,37-,38-,39-;22-,25-;7-/m000/s1. The number of aromatic nitrogens is 8. The number of carboxylic acids is 1. The van der Waals surface area contributed by atoms with Gasteiger partial charge < -0.3 is 75.6 Å². The van der Waals surface area contributed by atoms with Crippen molar-refractivity contribution in [2.45, 2.75) is 183 Å². The van der Waals surface area contributed by atoms with Crippen molar-refractivity contribution in [3.8, 4) is 67.3 Å². The highest BCUT2D eigenvalue weighted by atomic mass is 28.3. The van der Waals surface area contributed by atoms with Crippen molar-refractivity contribution in [1.29, 1.82) is 0 Å². The lowest BCUT2D eigenvalue weighted by Crippen LogP contribution is -2.52. The number of benzene rings is 4. The van der Waals surface area contributed by atoms with Crippen LogP contribution in [0, 0.1) is 17.8 Å². The zero-order chi connectivity index (χ0) is 75.6. The third-order valence-electron chi connectivity index (χ3n) is 23.1. The Morgan fingerprint density at radius 2 is 0.778 bits per heavy atom. The molecule has 25 nitrogen and oxygen atoms in total. The summed E-state index contributed by atoms with van der Waals surface area (Å²) >= 11 is 0. The number of carbonyl (C=O) groups excluding carboxylic acids is 5. The number of ether oxygens (including phenoxy) is 3. The zero-order valence-electron chi connectivity index (χ0n) is 63.2. The Labute approximate surface area is 633 Å². The molecular weight excluding hydrogens is 1400 g/mol. The van der Waals surface area contributed by atoms with E-state index in [2.05, 4.69) is 184 Å². The second-order valence-electron chi connectivity index (χ2n) is 31.8. The van der Waals surface area contributed by atoms with Gasteiger partial charge in [0.1, 0.15) is 41.4 Å². The molecule has 0 unspecified atom stereocenters. The van der Waals surface area contributed by atoms with Crippen molar-refractivity contribution in [3.05, 3.63) is 145 Å². The van der Waals surface area contributed by atoms with Gasteiger partial charge in [-0.1, -0.05) is 162 Å². The van der Waals surface area contributed by atoms with E-state index in [1.807, 2.05) is 34.6 Å². The highest BCUT2D eigenvalue weighted by Crippen LogP contribution is 2.42. The average molecular weight is 1500 g/mol. The summed E-state index contributed by atoms with van der Waals surface area (Å²) in [6.45, 7) is 11.2. The molecular formula is C81H105N15O10Si2. The number of H-pyrrole nitrogens is 4. The number of aromatic amines is 4. The molecule has 10 N–H and O–H groups in total.